The number of para-hydroxylation sites is 2. The molecule has 0 aliphatic heterocycles. The summed E-state index contributed by atoms with van der Waals surface area (Å²) < 4.78 is 0. The summed E-state index contributed by atoms with van der Waals surface area (Å²) in [4.78, 5) is 4.80. The van der Waals surface area contributed by atoms with E-state index in [0.29, 0.717) is 0 Å². The summed E-state index contributed by atoms with van der Waals surface area (Å²) in [5.74, 6) is 0. The third-order valence-corrected chi connectivity index (χ3v) is 15.0. The molecule has 0 spiro atoms. The van der Waals surface area contributed by atoms with Crippen molar-refractivity contribution in [3.05, 3.63) is 357 Å². The van der Waals surface area contributed by atoms with Crippen molar-refractivity contribution in [3.8, 4) is 0 Å². The Morgan fingerprint density at radius 1 is 0.296 bits per heavy atom. The largest absolute Gasteiger partial charge is 0.310 e. The van der Waals surface area contributed by atoms with Gasteiger partial charge < -0.3 is 9.80 Å². The van der Waals surface area contributed by atoms with Crippen LogP contribution >= 0.6 is 0 Å². The fourth-order valence-corrected chi connectivity index (χ4v) is 10.7. The Balaban J connectivity index is 0.810. The van der Waals surface area contributed by atoms with Gasteiger partial charge >= 0.3 is 0 Å². The Labute approximate surface area is 480 Å². The number of nitrogens with zero attached hydrogens (tertiary/aromatic N) is 2. The smallest absolute Gasteiger partial charge is 0.0522 e. The Hall–Kier alpha value is -10.0. The van der Waals surface area contributed by atoms with Crippen molar-refractivity contribution >= 4 is 81.7 Å². The minimum absolute atomic E-state index is 0.932. The summed E-state index contributed by atoms with van der Waals surface area (Å²) in [6, 6.07) is 102. The van der Waals surface area contributed by atoms with Crippen LogP contribution in [0.4, 0.5) is 34.1 Å². The van der Waals surface area contributed by atoms with Gasteiger partial charge in [-0.15, -0.1) is 0 Å². The molecule has 0 bridgehead atoms. The molecule has 0 heterocycles. The first kappa shape index (κ1) is 53.0. The molecule has 0 aliphatic rings. The van der Waals surface area contributed by atoms with Crippen LogP contribution in [-0.2, 0) is 12.8 Å². The van der Waals surface area contributed by atoms with Crippen LogP contribution < -0.4 is 9.80 Å². The molecule has 11 rings (SSSR count). The molecule has 2 nitrogen and oxygen atoms in total. The second-order valence-corrected chi connectivity index (χ2v) is 20.4. The first-order valence-electron chi connectivity index (χ1n) is 28.3. The zero-order valence-corrected chi connectivity index (χ0v) is 46.4. The van der Waals surface area contributed by atoms with Gasteiger partial charge in [0.1, 0.15) is 0 Å². The molecule has 2 heteroatoms. The van der Waals surface area contributed by atoms with E-state index in [9.17, 15) is 0 Å². The Kier molecular flexibility index (Phi) is 16.8. The molecule has 0 saturated heterocycles. The molecule has 0 atom stereocenters. The summed E-state index contributed by atoms with van der Waals surface area (Å²) in [6.45, 7) is 6.69. The number of hydrogen-bond donors (Lipinski definition) is 0. The highest BCUT2D eigenvalue weighted by molar-refractivity contribution is 5.93. The molecule has 0 fully saturated rings. The van der Waals surface area contributed by atoms with Crippen molar-refractivity contribution in [1.82, 2.24) is 0 Å². The quantitative estimate of drug-likeness (QED) is 0.0790. The lowest BCUT2D eigenvalue weighted by molar-refractivity contribution is 1.10. The van der Waals surface area contributed by atoms with Crippen LogP contribution in [0, 0.1) is 6.92 Å². The van der Waals surface area contributed by atoms with E-state index < -0.39 is 0 Å². The van der Waals surface area contributed by atoms with Crippen LogP contribution in [0.1, 0.15) is 86.2 Å². The Morgan fingerprint density at radius 2 is 0.630 bits per heavy atom. The number of benzene rings is 11. The predicted molar refractivity (Wildman–Crippen MR) is 350 cm³/mol. The summed E-state index contributed by atoms with van der Waals surface area (Å²) >= 11 is 0. The fourth-order valence-electron chi connectivity index (χ4n) is 10.7. The van der Waals surface area contributed by atoms with Gasteiger partial charge in [0.05, 0.1) is 5.69 Å². The minimum atomic E-state index is 0.932. The molecule has 0 N–H and O–H groups in total. The lowest BCUT2D eigenvalue weighted by Gasteiger charge is -2.29. The van der Waals surface area contributed by atoms with Crippen LogP contribution in [-0.4, -0.2) is 0 Å². The minimum Gasteiger partial charge on any atom is -0.310 e. The molecule has 392 valence electrons. The van der Waals surface area contributed by atoms with Crippen molar-refractivity contribution in [2.45, 2.75) is 33.6 Å². The molecule has 11 aromatic rings. The summed E-state index contributed by atoms with van der Waals surface area (Å²) in [5, 5.41) is 0. The SMILES string of the molecule is CCc1ccccc1N(c1ccc(C=Cc2cccc(C=Cc3ccc(N(c4ccc(C=C(c5ccccc5)c5ccccc5)cc4)c4c(C)cccc4CC)cc3)c2)cc1)c1ccc(C=C(c2ccccc2)c2ccccc2)cc1. The van der Waals surface area contributed by atoms with Crippen molar-refractivity contribution in [3.63, 3.8) is 0 Å². The summed E-state index contributed by atoms with van der Waals surface area (Å²) in [6.07, 6.45) is 15.3. The van der Waals surface area contributed by atoms with Crippen LogP contribution in [0.5, 0.6) is 0 Å². The van der Waals surface area contributed by atoms with E-state index in [1.54, 1.807) is 0 Å². The van der Waals surface area contributed by atoms with E-state index in [1.165, 1.54) is 61.5 Å². The number of aryl methyl sites for hydroxylation is 3. The van der Waals surface area contributed by atoms with Crippen LogP contribution in [0.2, 0.25) is 0 Å². The summed E-state index contributed by atoms with van der Waals surface area (Å²) in [5.41, 5.74) is 24.8. The molecule has 0 amide bonds. The first-order valence-corrected chi connectivity index (χ1v) is 28.3. The second kappa shape index (κ2) is 25.6. The maximum absolute atomic E-state index is 2.42. The highest BCUT2D eigenvalue weighted by Gasteiger charge is 2.19. The molecule has 0 radical (unpaired) electrons. The number of hydrogen-bond acceptors (Lipinski definition) is 2. The average Bonchev–Trinajstić information content (AvgIpc) is 3.65. The number of anilines is 6. The van der Waals surface area contributed by atoms with Gasteiger partial charge in [-0.1, -0.05) is 263 Å². The van der Waals surface area contributed by atoms with E-state index >= 15 is 0 Å². The monoisotopic (exact) mass is 1040 g/mol. The van der Waals surface area contributed by atoms with E-state index in [0.717, 1.165) is 69.0 Å². The van der Waals surface area contributed by atoms with E-state index in [2.05, 4.69) is 352 Å². The first-order chi connectivity index (χ1) is 40.0. The molecular formula is C79H66N2. The zero-order valence-electron chi connectivity index (χ0n) is 46.4. The van der Waals surface area contributed by atoms with Gasteiger partial charge in [0, 0.05) is 28.4 Å². The van der Waals surface area contributed by atoms with Gasteiger partial charge in [0.2, 0.25) is 0 Å². The molecule has 81 heavy (non-hydrogen) atoms. The molecule has 0 unspecified atom stereocenters. The van der Waals surface area contributed by atoms with Crippen LogP contribution in [0.3, 0.4) is 0 Å². The third kappa shape index (κ3) is 12.8. The zero-order chi connectivity index (χ0) is 55.2. The van der Waals surface area contributed by atoms with Crippen molar-refractivity contribution in [2.75, 3.05) is 9.80 Å². The van der Waals surface area contributed by atoms with Crippen molar-refractivity contribution in [2.24, 2.45) is 0 Å². The summed E-state index contributed by atoms with van der Waals surface area (Å²) in [7, 11) is 0. The molecular weight excluding hydrogens is 977 g/mol. The van der Waals surface area contributed by atoms with Gasteiger partial charge in [-0.25, -0.2) is 0 Å². The lowest BCUT2D eigenvalue weighted by atomic mass is 9.95. The van der Waals surface area contributed by atoms with Crippen LogP contribution in [0.15, 0.2) is 285 Å². The van der Waals surface area contributed by atoms with Gasteiger partial charge in [0.25, 0.3) is 0 Å². The second-order valence-electron chi connectivity index (χ2n) is 20.4. The van der Waals surface area contributed by atoms with Crippen molar-refractivity contribution in [1.29, 1.82) is 0 Å². The predicted octanol–water partition coefficient (Wildman–Crippen LogP) is 21.6. The standard InChI is InChI=1S/C79H66N2/c1-4-66-25-18-19-35-78(66)80(73-52-44-64(45-53-73)57-76(68-26-10-6-11-27-68)69-28-12-7-13-29-69)72-48-40-60(41-49-72)36-38-62-23-21-24-63(56-62)39-37-61-42-50-74(51-43-61)81(79-59(3)22-20-34-67(79)5-2)75-54-46-65(47-55-75)58-77(70-30-14-8-15-31-70)71-32-16-9-17-33-71/h6-58H,4-5H2,1-3H3. The van der Waals surface area contributed by atoms with Crippen LogP contribution in [0.25, 0.3) is 47.6 Å². The van der Waals surface area contributed by atoms with Gasteiger partial charge in [-0.05, 0) is 176 Å². The topological polar surface area (TPSA) is 6.48 Å². The maximum Gasteiger partial charge on any atom is 0.0522 e. The highest BCUT2D eigenvalue weighted by atomic mass is 15.2. The van der Waals surface area contributed by atoms with Gasteiger partial charge in [0.15, 0.2) is 0 Å². The average molecular weight is 1040 g/mol. The van der Waals surface area contributed by atoms with Gasteiger partial charge in [-0.2, -0.15) is 0 Å². The van der Waals surface area contributed by atoms with E-state index in [1.807, 2.05) is 0 Å². The van der Waals surface area contributed by atoms with E-state index in [4.69, 9.17) is 0 Å². The molecule has 0 saturated carbocycles. The normalized spacial score (nSPS) is 11.1. The third-order valence-electron chi connectivity index (χ3n) is 15.0. The molecule has 11 aromatic carbocycles. The molecule has 0 aromatic heterocycles. The van der Waals surface area contributed by atoms with E-state index in [-0.39, 0.29) is 0 Å². The Bertz CT molecular complexity index is 3860. The fraction of sp³-hybridized carbons (Fsp3) is 0.0633. The Morgan fingerprint density at radius 3 is 1.04 bits per heavy atom. The highest BCUT2D eigenvalue weighted by Crippen LogP contribution is 2.41. The maximum atomic E-state index is 2.42. The number of rotatable bonds is 18. The van der Waals surface area contributed by atoms with Gasteiger partial charge in [-0.3, -0.25) is 0 Å². The lowest BCUT2D eigenvalue weighted by Crippen LogP contribution is -2.13. The molecule has 0 aliphatic carbocycles. The van der Waals surface area contributed by atoms with Crippen molar-refractivity contribution < 1.29 is 0 Å².